The van der Waals surface area contributed by atoms with Crippen molar-refractivity contribution >= 4 is 12.1 Å². The number of carbonyl (C=O) groups is 2. The van der Waals surface area contributed by atoms with Crippen molar-refractivity contribution in [3.63, 3.8) is 0 Å². The van der Waals surface area contributed by atoms with Crippen molar-refractivity contribution in [2.75, 3.05) is 13.1 Å². The second-order valence-electron chi connectivity index (χ2n) is 4.26. The van der Waals surface area contributed by atoms with Gasteiger partial charge in [-0.05, 0) is 12.8 Å². The van der Waals surface area contributed by atoms with E-state index in [1.807, 2.05) is 18.7 Å². The lowest BCUT2D eigenvalue weighted by molar-refractivity contribution is 0.164. The zero-order chi connectivity index (χ0) is 12.8. The molecule has 1 heterocycles. The Bertz CT molecular complexity index is 280. The highest BCUT2D eigenvalue weighted by Gasteiger charge is 2.36. The van der Waals surface area contributed by atoms with Crippen LogP contribution in [0.3, 0.4) is 0 Å². The van der Waals surface area contributed by atoms with E-state index in [9.17, 15) is 9.59 Å². The number of carbonyl (C=O) groups excluding carboxylic acids is 2. The molecule has 2 aliphatic rings. The Kier molecular flexibility index (Phi) is 5.25. The van der Waals surface area contributed by atoms with Crippen LogP contribution in [0.5, 0.6) is 0 Å². The van der Waals surface area contributed by atoms with Crippen LogP contribution in [0.4, 0.5) is 9.59 Å². The normalized spacial score (nSPS) is 21.2. The standard InChI is InChI=1S/C10H17N3O2.C2H6.H2/c11-9(14)13-7-6-12(10(13)15)8-4-2-1-3-5-8;1-2;/h8H,1-7H2,(H2,11,14);1-2H3;1H. The minimum atomic E-state index is -0.627. The molecule has 2 rings (SSSR count). The fourth-order valence-electron chi connectivity index (χ4n) is 2.49. The summed E-state index contributed by atoms with van der Waals surface area (Å²) in [6.45, 7) is 5.09. The highest BCUT2D eigenvalue weighted by Crippen LogP contribution is 2.25. The first-order chi connectivity index (χ1) is 8.20. The predicted molar refractivity (Wildman–Crippen MR) is 68.7 cm³/mol. The molecule has 0 bridgehead atoms. The summed E-state index contributed by atoms with van der Waals surface area (Å²) in [5, 5.41) is 0. The van der Waals surface area contributed by atoms with E-state index in [-0.39, 0.29) is 7.46 Å². The van der Waals surface area contributed by atoms with Crippen molar-refractivity contribution in [2.45, 2.75) is 52.0 Å². The second-order valence-corrected chi connectivity index (χ2v) is 4.26. The Labute approximate surface area is 104 Å². The smallest absolute Gasteiger partial charge is 0.328 e. The third kappa shape index (κ3) is 3.11. The van der Waals surface area contributed by atoms with Crippen LogP contribution in [-0.4, -0.2) is 41.0 Å². The Hall–Kier alpha value is -1.26. The van der Waals surface area contributed by atoms with Gasteiger partial charge in [0.2, 0.25) is 0 Å². The van der Waals surface area contributed by atoms with Crippen molar-refractivity contribution < 1.29 is 11.0 Å². The summed E-state index contributed by atoms with van der Waals surface area (Å²) in [6.07, 6.45) is 5.77. The lowest BCUT2D eigenvalue weighted by atomic mass is 9.94. The summed E-state index contributed by atoms with van der Waals surface area (Å²) >= 11 is 0. The van der Waals surface area contributed by atoms with Gasteiger partial charge in [0.05, 0.1) is 0 Å². The van der Waals surface area contributed by atoms with E-state index in [2.05, 4.69) is 0 Å². The molecule has 5 nitrogen and oxygen atoms in total. The molecule has 1 saturated heterocycles. The molecule has 1 aliphatic carbocycles. The summed E-state index contributed by atoms with van der Waals surface area (Å²) in [6, 6.07) is -0.497. The summed E-state index contributed by atoms with van der Waals surface area (Å²) in [4.78, 5) is 25.7. The molecule has 0 atom stereocenters. The topological polar surface area (TPSA) is 66.6 Å². The van der Waals surface area contributed by atoms with Crippen LogP contribution in [0, 0.1) is 0 Å². The van der Waals surface area contributed by atoms with Crippen molar-refractivity contribution in [3.8, 4) is 0 Å². The quantitative estimate of drug-likeness (QED) is 0.768. The summed E-state index contributed by atoms with van der Waals surface area (Å²) in [5.41, 5.74) is 5.12. The molecule has 17 heavy (non-hydrogen) atoms. The van der Waals surface area contributed by atoms with Crippen molar-refractivity contribution in [3.05, 3.63) is 0 Å². The largest absolute Gasteiger partial charge is 0.351 e. The van der Waals surface area contributed by atoms with E-state index >= 15 is 0 Å². The van der Waals surface area contributed by atoms with E-state index in [1.54, 1.807) is 0 Å². The summed E-state index contributed by atoms with van der Waals surface area (Å²) in [7, 11) is 0. The molecule has 2 N–H and O–H groups in total. The lowest BCUT2D eigenvalue weighted by Gasteiger charge is -2.30. The molecule has 100 valence electrons. The Morgan fingerprint density at radius 3 is 2.29 bits per heavy atom. The molecule has 2 fully saturated rings. The van der Waals surface area contributed by atoms with Gasteiger partial charge in [-0.15, -0.1) is 0 Å². The van der Waals surface area contributed by atoms with Gasteiger partial charge >= 0.3 is 12.1 Å². The average molecular weight is 243 g/mol. The highest BCUT2D eigenvalue weighted by molar-refractivity contribution is 5.94. The first-order valence-corrected chi connectivity index (χ1v) is 6.57. The summed E-state index contributed by atoms with van der Waals surface area (Å²) < 4.78 is 0. The third-order valence-electron chi connectivity index (χ3n) is 3.32. The Morgan fingerprint density at radius 2 is 1.82 bits per heavy atom. The van der Waals surface area contributed by atoms with E-state index in [4.69, 9.17) is 5.73 Å². The van der Waals surface area contributed by atoms with Crippen LogP contribution in [-0.2, 0) is 0 Å². The van der Waals surface area contributed by atoms with E-state index in [0.717, 1.165) is 17.7 Å². The van der Waals surface area contributed by atoms with Crippen molar-refractivity contribution in [1.82, 2.24) is 9.80 Å². The third-order valence-corrected chi connectivity index (χ3v) is 3.32. The molecule has 5 heteroatoms. The van der Waals surface area contributed by atoms with Gasteiger partial charge in [0, 0.05) is 20.6 Å². The molecular formula is C12H25N3O2. The van der Waals surface area contributed by atoms with Gasteiger partial charge in [-0.3, -0.25) is 0 Å². The lowest BCUT2D eigenvalue weighted by Crippen LogP contribution is -2.43. The molecule has 1 saturated carbocycles. The zero-order valence-electron chi connectivity index (χ0n) is 10.8. The van der Waals surface area contributed by atoms with Crippen LogP contribution in [0.2, 0.25) is 0 Å². The van der Waals surface area contributed by atoms with Crippen LogP contribution in [0.1, 0.15) is 47.4 Å². The minimum absolute atomic E-state index is 0. The molecule has 4 amide bonds. The molecule has 1 aliphatic heterocycles. The summed E-state index contributed by atoms with van der Waals surface area (Å²) in [5.74, 6) is 0. The number of hydrogen-bond acceptors (Lipinski definition) is 2. The number of nitrogens with zero attached hydrogens (tertiary/aromatic N) is 2. The van der Waals surface area contributed by atoms with Crippen LogP contribution >= 0.6 is 0 Å². The first-order valence-electron chi connectivity index (χ1n) is 6.57. The molecule has 0 unspecified atom stereocenters. The molecule has 0 aromatic carbocycles. The van der Waals surface area contributed by atoms with Crippen molar-refractivity contribution in [2.24, 2.45) is 5.73 Å². The van der Waals surface area contributed by atoms with E-state index in [0.29, 0.717) is 19.1 Å². The van der Waals surface area contributed by atoms with E-state index < -0.39 is 6.03 Å². The number of primary amides is 1. The molecule has 0 radical (unpaired) electrons. The number of urea groups is 2. The SMILES string of the molecule is CC.NC(=O)N1CCN(C2CCCCC2)C1=O.[HH]. The maximum absolute atomic E-state index is 11.8. The zero-order valence-corrected chi connectivity index (χ0v) is 10.8. The molecule has 0 aromatic rings. The van der Waals surface area contributed by atoms with Gasteiger partial charge in [-0.1, -0.05) is 33.1 Å². The van der Waals surface area contributed by atoms with Gasteiger partial charge in [-0.2, -0.15) is 0 Å². The van der Waals surface area contributed by atoms with Crippen LogP contribution in [0.25, 0.3) is 0 Å². The first kappa shape index (κ1) is 13.8. The second kappa shape index (κ2) is 6.47. The van der Waals surface area contributed by atoms with Crippen LogP contribution < -0.4 is 5.73 Å². The maximum atomic E-state index is 11.8. The average Bonchev–Trinajstić information content (AvgIpc) is 2.75. The fraction of sp³-hybridized carbons (Fsp3) is 0.833. The minimum Gasteiger partial charge on any atom is -0.351 e. The van der Waals surface area contributed by atoms with Crippen molar-refractivity contribution in [1.29, 1.82) is 0 Å². The van der Waals surface area contributed by atoms with Gasteiger partial charge in [-0.25, -0.2) is 14.5 Å². The van der Waals surface area contributed by atoms with Gasteiger partial charge in [0.1, 0.15) is 0 Å². The number of hydrogen-bond donors (Lipinski definition) is 1. The Morgan fingerprint density at radius 1 is 1.24 bits per heavy atom. The number of rotatable bonds is 1. The fourth-order valence-corrected chi connectivity index (χ4v) is 2.49. The number of imide groups is 1. The predicted octanol–water partition coefficient (Wildman–Crippen LogP) is 2.41. The molecular weight excluding hydrogens is 218 g/mol. The number of nitrogens with two attached hydrogens (primary N) is 1. The Balaban J connectivity index is 0.000000917. The highest BCUT2D eigenvalue weighted by atomic mass is 16.2. The molecule has 0 aromatic heterocycles. The monoisotopic (exact) mass is 243 g/mol. The van der Waals surface area contributed by atoms with Crippen LogP contribution in [0.15, 0.2) is 0 Å². The van der Waals surface area contributed by atoms with Gasteiger partial charge < -0.3 is 10.6 Å². The van der Waals surface area contributed by atoms with Gasteiger partial charge in [0.25, 0.3) is 0 Å². The maximum Gasteiger partial charge on any atom is 0.328 e. The van der Waals surface area contributed by atoms with Gasteiger partial charge in [0.15, 0.2) is 0 Å². The number of amides is 4. The molecule has 0 spiro atoms. The van der Waals surface area contributed by atoms with E-state index in [1.165, 1.54) is 19.3 Å².